The molecule has 2 rings (SSSR count). The number of methoxy groups -OCH3 is 1. The van der Waals surface area contributed by atoms with E-state index in [0.717, 1.165) is 5.56 Å². The first-order valence-electron chi connectivity index (χ1n) is 6.68. The Morgan fingerprint density at radius 1 is 1.50 bits per heavy atom. The molecule has 20 heavy (non-hydrogen) atoms. The maximum atomic E-state index is 11.8. The maximum absolute atomic E-state index is 11.8. The Morgan fingerprint density at radius 2 is 2.20 bits per heavy atom. The van der Waals surface area contributed by atoms with Crippen LogP contribution in [0.25, 0.3) is 10.4 Å². The Bertz CT molecular complexity index is 504. The first-order chi connectivity index (χ1) is 9.76. The van der Waals surface area contributed by atoms with Crippen LogP contribution in [-0.2, 0) is 9.53 Å². The molecular formula is C14H18N4O2. The van der Waals surface area contributed by atoms with Crippen LogP contribution in [-0.4, -0.2) is 26.2 Å². The molecule has 106 valence electrons. The summed E-state index contributed by atoms with van der Waals surface area (Å²) in [6.07, 6.45) is 2.51. The van der Waals surface area contributed by atoms with Crippen molar-refractivity contribution in [1.82, 2.24) is 5.32 Å². The van der Waals surface area contributed by atoms with Gasteiger partial charge in [0.15, 0.2) is 0 Å². The molecule has 6 heteroatoms. The number of ether oxygens (including phenoxy) is 1. The van der Waals surface area contributed by atoms with Gasteiger partial charge in [-0.1, -0.05) is 29.4 Å². The zero-order valence-corrected chi connectivity index (χ0v) is 11.5. The highest BCUT2D eigenvalue weighted by molar-refractivity contribution is 5.77. The SMILES string of the molecule is COC(=O)C(NCCN=[N+]=[N-])c1ccc(C2CC2)cc1. The van der Waals surface area contributed by atoms with Crippen molar-refractivity contribution in [3.63, 3.8) is 0 Å². The van der Waals surface area contributed by atoms with E-state index in [9.17, 15) is 4.79 Å². The zero-order valence-electron chi connectivity index (χ0n) is 11.5. The van der Waals surface area contributed by atoms with E-state index in [2.05, 4.69) is 27.5 Å². The van der Waals surface area contributed by atoms with Gasteiger partial charge in [0.1, 0.15) is 6.04 Å². The van der Waals surface area contributed by atoms with Gasteiger partial charge in [0.2, 0.25) is 0 Å². The predicted molar refractivity (Wildman–Crippen MR) is 75.2 cm³/mol. The summed E-state index contributed by atoms with van der Waals surface area (Å²) in [4.78, 5) is 14.5. The van der Waals surface area contributed by atoms with Crippen molar-refractivity contribution in [3.8, 4) is 0 Å². The molecule has 0 saturated heterocycles. The molecule has 0 amide bonds. The lowest BCUT2D eigenvalue weighted by atomic mass is 10.0. The van der Waals surface area contributed by atoms with Gasteiger partial charge in [-0.3, -0.25) is 0 Å². The van der Waals surface area contributed by atoms with Gasteiger partial charge in [0.05, 0.1) is 7.11 Å². The molecule has 1 aliphatic carbocycles. The van der Waals surface area contributed by atoms with Gasteiger partial charge in [-0.05, 0) is 35.4 Å². The summed E-state index contributed by atoms with van der Waals surface area (Å²) in [7, 11) is 1.36. The van der Waals surface area contributed by atoms with Crippen LogP contribution in [0, 0.1) is 0 Å². The minimum atomic E-state index is -0.526. The maximum Gasteiger partial charge on any atom is 0.327 e. The van der Waals surface area contributed by atoms with Gasteiger partial charge in [-0.15, -0.1) is 0 Å². The van der Waals surface area contributed by atoms with E-state index in [1.165, 1.54) is 25.5 Å². The molecule has 1 N–H and O–H groups in total. The van der Waals surface area contributed by atoms with E-state index in [4.69, 9.17) is 10.3 Å². The number of hydrogen-bond acceptors (Lipinski definition) is 4. The van der Waals surface area contributed by atoms with Crippen molar-refractivity contribution < 1.29 is 9.53 Å². The second kappa shape index (κ2) is 6.93. The summed E-state index contributed by atoms with van der Waals surface area (Å²) < 4.78 is 4.81. The lowest BCUT2D eigenvalue weighted by molar-refractivity contribution is -0.143. The van der Waals surface area contributed by atoms with Gasteiger partial charge in [-0.25, -0.2) is 4.79 Å². The van der Waals surface area contributed by atoms with Gasteiger partial charge in [-0.2, -0.15) is 0 Å². The fraction of sp³-hybridized carbons (Fsp3) is 0.500. The molecule has 1 fully saturated rings. The van der Waals surface area contributed by atoms with E-state index >= 15 is 0 Å². The lowest BCUT2D eigenvalue weighted by Crippen LogP contribution is -2.31. The molecule has 1 aromatic carbocycles. The van der Waals surface area contributed by atoms with Gasteiger partial charge < -0.3 is 10.1 Å². The Kier molecular flexibility index (Phi) is 4.98. The Hall–Kier alpha value is -2.04. The molecule has 1 atom stereocenters. The topological polar surface area (TPSA) is 87.1 Å². The second-order valence-electron chi connectivity index (χ2n) is 4.81. The summed E-state index contributed by atoms with van der Waals surface area (Å²) in [5.41, 5.74) is 10.4. The minimum Gasteiger partial charge on any atom is -0.468 e. The van der Waals surface area contributed by atoms with Crippen LogP contribution in [0.5, 0.6) is 0 Å². The van der Waals surface area contributed by atoms with E-state index in [-0.39, 0.29) is 5.97 Å². The standard InChI is InChI=1S/C14H18N4O2/c1-20-14(19)13(16-8-9-17-18-15)12-6-4-11(5-7-12)10-2-3-10/h4-7,10,13,16H,2-3,8-9H2,1H3. The quantitative estimate of drug-likeness (QED) is 0.272. The molecule has 0 radical (unpaired) electrons. The fourth-order valence-corrected chi connectivity index (χ4v) is 2.14. The highest BCUT2D eigenvalue weighted by Gasteiger charge is 2.25. The number of esters is 1. The van der Waals surface area contributed by atoms with Crippen LogP contribution in [0.3, 0.4) is 0 Å². The first-order valence-corrected chi connectivity index (χ1v) is 6.68. The van der Waals surface area contributed by atoms with Crippen molar-refractivity contribution in [2.75, 3.05) is 20.2 Å². The zero-order chi connectivity index (χ0) is 14.4. The van der Waals surface area contributed by atoms with Crippen LogP contribution >= 0.6 is 0 Å². The molecule has 1 unspecified atom stereocenters. The number of azide groups is 1. The largest absolute Gasteiger partial charge is 0.468 e. The van der Waals surface area contributed by atoms with Crippen molar-refractivity contribution in [3.05, 3.63) is 45.8 Å². The number of nitrogens with one attached hydrogen (secondary N) is 1. The van der Waals surface area contributed by atoms with Gasteiger partial charge >= 0.3 is 5.97 Å². The van der Waals surface area contributed by atoms with Crippen LogP contribution in [0.15, 0.2) is 29.4 Å². The Labute approximate surface area is 117 Å². The summed E-state index contributed by atoms with van der Waals surface area (Å²) in [5.74, 6) is 0.351. The van der Waals surface area contributed by atoms with Crippen molar-refractivity contribution in [2.24, 2.45) is 5.11 Å². The second-order valence-corrected chi connectivity index (χ2v) is 4.81. The van der Waals surface area contributed by atoms with E-state index in [1.807, 2.05) is 12.1 Å². The molecule has 0 bridgehead atoms. The molecule has 1 aromatic rings. The summed E-state index contributed by atoms with van der Waals surface area (Å²) in [6, 6.07) is 7.52. The summed E-state index contributed by atoms with van der Waals surface area (Å²) in [5, 5.41) is 6.48. The average Bonchev–Trinajstić information content (AvgIpc) is 3.32. The normalized spacial score (nSPS) is 15.2. The Morgan fingerprint density at radius 3 is 2.75 bits per heavy atom. The number of carbonyl (C=O) groups excluding carboxylic acids is 1. The number of carbonyl (C=O) groups is 1. The van der Waals surface area contributed by atoms with Crippen molar-refractivity contribution in [1.29, 1.82) is 0 Å². The van der Waals surface area contributed by atoms with Gasteiger partial charge in [0, 0.05) is 18.0 Å². The average molecular weight is 274 g/mol. The van der Waals surface area contributed by atoms with Crippen LogP contribution < -0.4 is 5.32 Å². The number of hydrogen-bond donors (Lipinski definition) is 1. The fourth-order valence-electron chi connectivity index (χ4n) is 2.14. The molecule has 0 heterocycles. The van der Waals surface area contributed by atoms with Crippen LogP contribution in [0.4, 0.5) is 0 Å². The molecule has 6 nitrogen and oxygen atoms in total. The first kappa shape index (κ1) is 14.4. The highest BCUT2D eigenvalue weighted by atomic mass is 16.5. The summed E-state index contributed by atoms with van der Waals surface area (Å²) >= 11 is 0. The monoisotopic (exact) mass is 274 g/mol. The predicted octanol–water partition coefficient (Wildman–Crippen LogP) is 2.68. The third-order valence-electron chi connectivity index (χ3n) is 3.38. The molecular weight excluding hydrogens is 256 g/mol. The van der Waals surface area contributed by atoms with E-state index in [0.29, 0.717) is 19.0 Å². The van der Waals surface area contributed by atoms with Crippen molar-refractivity contribution >= 4 is 5.97 Å². The smallest absolute Gasteiger partial charge is 0.327 e. The molecule has 1 saturated carbocycles. The highest BCUT2D eigenvalue weighted by Crippen LogP contribution is 2.40. The summed E-state index contributed by atoms with van der Waals surface area (Å²) in [6.45, 7) is 0.721. The lowest BCUT2D eigenvalue weighted by Gasteiger charge is -2.16. The van der Waals surface area contributed by atoms with Crippen LogP contribution in [0.2, 0.25) is 0 Å². The Balaban J connectivity index is 2.04. The molecule has 0 spiro atoms. The van der Waals surface area contributed by atoms with Gasteiger partial charge in [0.25, 0.3) is 0 Å². The number of benzene rings is 1. The third kappa shape index (κ3) is 3.73. The number of nitrogens with zero attached hydrogens (tertiary/aromatic N) is 3. The number of rotatable bonds is 7. The van der Waals surface area contributed by atoms with E-state index in [1.54, 1.807) is 0 Å². The van der Waals surface area contributed by atoms with Crippen molar-refractivity contribution in [2.45, 2.75) is 24.8 Å². The molecule has 0 aromatic heterocycles. The molecule has 0 aliphatic heterocycles. The van der Waals surface area contributed by atoms with E-state index < -0.39 is 6.04 Å². The van der Waals surface area contributed by atoms with Crippen LogP contribution in [0.1, 0.15) is 35.9 Å². The molecule has 1 aliphatic rings. The minimum absolute atomic E-state index is 0.296. The third-order valence-corrected chi connectivity index (χ3v) is 3.38.